The van der Waals surface area contributed by atoms with E-state index in [0.29, 0.717) is 4.05 Å². The van der Waals surface area contributed by atoms with Gasteiger partial charge in [0.1, 0.15) is 0 Å². The number of alkyl halides is 1. The first-order valence-corrected chi connectivity index (χ1v) is 5.25. The van der Waals surface area contributed by atoms with Crippen molar-refractivity contribution in [1.82, 2.24) is 3.53 Å². The van der Waals surface area contributed by atoms with Crippen LogP contribution in [-0.4, -0.2) is 10.1 Å². The van der Waals surface area contributed by atoms with E-state index in [2.05, 4.69) is 10.5 Å². The molecule has 0 aromatic rings. The van der Waals surface area contributed by atoms with Crippen LogP contribution in [0.5, 0.6) is 0 Å². The van der Waals surface area contributed by atoms with Crippen LogP contribution < -0.4 is 30.7 Å². The first-order chi connectivity index (χ1) is 3.79. The summed E-state index contributed by atoms with van der Waals surface area (Å²) in [7, 11) is 0. The van der Waals surface area contributed by atoms with Gasteiger partial charge in [-0.3, -0.25) is 0 Å². The van der Waals surface area contributed by atoms with Crippen molar-refractivity contribution in [3.8, 4) is 0 Å². The van der Waals surface area contributed by atoms with Gasteiger partial charge in [-0.1, -0.05) is 0 Å². The quantitative estimate of drug-likeness (QED) is 0.201. The van der Waals surface area contributed by atoms with Gasteiger partial charge in [-0.15, -0.1) is 0 Å². The minimum atomic E-state index is 0.139. The molecule has 1 saturated heterocycles. The Hall–Kier alpha value is 0.650. The Kier molecular flexibility index (Phi) is 2.52. The number of hydrogen-bond acceptors (Lipinski definition) is 2. The summed E-state index contributed by atoms with van der Waals surface area (Å²) < 4.78 is 3.94. The fraction of sp³-hybridized carbons (Fsp3) is 1.00. The van der Waals surface area contributed by atoms with Crippen LogP contribution in [0.2, 0.25) is 0 Å². The van der Waals surface area contributed by atoms with Gasteiger partial charge in [0.2, 0.25) is 0 Å². The van der Waals surface area contributed by atoms with Gasteiger partial charge in [0.25, 0.3) is 0 Å². The summed E-state index contributed by atoms with van der Waals surface area (Å²) in [5, 5.41) is 0. The molecule has 0 aromatic carbocycles. The number of nitrogens with one attached hydrogen (secondary N) is 1. The monoisotopic (exact) mass is 227 g/mol. The van der Waals surface area contributed by atoms with Gasteiger partial charge >= 0.3 is 60.6 Å². The molecule has 1 fully saturated rings. The third-order valence-corrected chi connectivity index (χ3v) is 4.11. The summed E-state index contributed by atoms with van der Waals surface area (Å²) in [5.41, 5.74) is 5.68. The van der Waals surface area contributed by atoms with E-state index in [0.717, 1.165) is 6.04 Å². The molecular formula is C5H12IN2-. The molecule has 2 unspecified atom stereocenters. The second-order valence-electron chi connectivity index (χ2n) is 2.21. The first kappa shape index (κ1) is 6.77. The van der Waals surface area contributed by atoms with E-state index >= 15 is 0 Å². The van der Waals surface area contributed by atoms with Crippen molar-refractivity contribution in [1.29, 1.82) is 0 Å². The van der Waals surface area contributed by atoms with Crippen LogP contribution >= 0.6 is 0 Å². The predicted molar refractivity (Wildman–Crippen MR) is 29.8 cm³/mol. The van der Waals surface area contributed by atoms with Crippen LogP contribution in [0.3, 0.4) is 0 Å². The third kappa shape index (κ3) is 1.87. The molecule has 0 saturated carbocycles. The molecule has 0 bridgehead atoms. The van der Waals surface area contributed by atoms with Crippen molar-refractivity contribution < 1.29 is 21.5 Å². The van der Waals surface area contributed by atoms with Crippen molar-refractivity contribution in [3.05, 3.63) is 0 Å². The van der Waals surface area contributed by atoms with E-state index in [-0.39, 0.29) is 21.5 Å². The molecule has 1 aliphatic rings. The first-order valence-electron chi connectivity index (χ1n) is 2.92. The fourth-order valence-corrected chi connectivity index (χ4v) is 2.76. The molecule has 0 aliphatic carbocycles. The van der Waals surface area contributed by atoms with Crippen LogP contribution in [0.25, 0.3) is 0 Å². The number of hydrogen-bond donors (Lipinski definition) is 2. The number of rotatable bonds is 0. The Labute approximate surface area is 60.8 Å². The molecule has 1 aliphatic heterocycles. The third-order valence-electron chi connectivity index (χ3n) is 1.26. The number of halogens is 1. The molecule has 3 N–H and O–H groups in total. The summed E-state index contributed by atoms with van der Waals surface area (Å²) in [6.45, 7) is 2.23. The Morgan fingerprint density at radius 3 is 2.75 bits per heavy atom. The second kappa shape index (κ2) is 2.98. The summed E-state index contributed by atoms with van der Waals surface area (Å²) in [5.74, 6) is 0. The normalized spacial score (nSPS) is 40.8. The Balaban J connectivity index is 2.19. The summed E-state index contributed by atoms with van der Waals surface area (Å²) in [6.07, 6.45) is 2.50. The van der Waals surface area contributed by atoms with Gasteiger partial charge in [-0.25, -0.2) is 0 Å². The average molecular weight is 227 g/mol. The summed E-state index contributed by atoms with van der Waals surface area (Å²) >= 11 is 0.139. The van der Waals surface area contributed by atoms with Gasteiger partial charge < -0.3 is 0 Å². The van der Waals surface area contributed by atoms with Gasteiger partial charge in [0, 0.05) is 0 Å². The van der Waals surface area contributed by atoms with Crippen LogP contribution in [0, 0.1) is 0 Å². The van der Waals surface area contributed by atoms with Gasteiger partial charge in [-0.05, 0) is 0 Å². The van der Waals surface area contributed by atoms with E-state index in [4.69, 9.17) is 5.73 Å². The van der Waals surface area contributed by atoms with Gasteiger partial charge in [-0.2, -0.15) is 0 Å². The Bertz CT molecular complexity index is 58.8. The Morgan fingerprint density at radius 1 is 1.62 bits per heavy atom. The molecule has 0 radical (unpaired) electrons. The molecule has 2 nitrogen and oxygen atoms in total. The summed E-state index contributed by atoms with van der Waals surface area (Å²) in [4.78, 5) is 0. The molecule has 50 valence electrons. The molecule has 0 spiro atoms. The minimum absolute atomic E-state index is 0.139. The van der Waals surface area contributed by atoms with Gasteiger partial charge in [0.05, 0.1) is 0 Å². The zero-order chi connectivity index (χ0) is 5.98. The van der Waals surface area contributed by atoms with Crippen LogP contribution in [0.15, 0.2) is 0 Å². The van der Waals surface area contributed by atoms with Crippen molar-refractivity contribution in [2.24, 2.45) is 5.73 Å². The molecule has 3 heteroatoms. The van der Waals surface area contributed by atoms with E-state index in [1.807, 2.05) is 0 Å². The second-order valence-corrected chi connectivity index (χ2v) is 5.06. The van der Waals surface area contributed by atoms with Crippen molar-refractivity contribution in [2.45, 2.75) is 29.9 Å². The predicted octanol–water partition coefficient (Wildman–Crippen LogP) is -2.95. The molecule has 0 amide bonds. The van der Waals surface area contributed by atoms with Crippen LogP contribution in [-0.2, 0) is 0 Å². The topological polar surface area (TPSA) is 38.0 Å². The van der Waals surface area contributed by atoms with Crippen molar-refractivity contribution in [3.63, 3.8) is 0 Å². The fourth-order valence-electron chi connectivity index (χ4n) is 0.707. The molecular weight excluding hydrogens is 215 g/mol. The average Bonchev–Trinajstić information content (AvgIpc) is 1.77. The Morgan fingerprint density at radius 2 is 2.38 bits per heavy atom. The molecule has 1 heterocycles. The van der Waals surface area contributed by atoms with Gasteiger partial charge in [0.15, 0.2) is 0 Å². The van der Waals surface area contributed by atoms with Crippen LogP contribution in [0.1, 0.15) is 19.8 Å². The van der Waals surface area contributed by atoms with Crippen molar-refractivity contribution in [2.75, 3.05) is 0 Å². The van der Waals surface area contributed by atoms with E-state index < -0.39 is 0 Å². The van der Waals surface area contributed by atoms with Crippen LogP contribution in [0.4, 0.5) is 0 Å². The van der Waals surface area contributed by atoms with E-state index in [1.54, 1.807) is 0 Å². The van der Waals surface area contributed by atoms with Crippen molar-refractivity contribution >= 4 is 0 Å². The molecule has 1 rings (SSSR count). The standard InChI is InChI=1S/C5H12IN2/c1-4-2-3-5(7)6-8-4/h4-5,8H,2-3,7H2,1H3/q-1. The zero-order valence-electron chi connectivity index (χ0n) is 5.02. The maximum atomic E-state index is 5.68. The zero-order valence-corrected chi connectivity index (χ0v) is 7.18. The molecule has 0 aromatic heterocycles. The maximum absolute atomic E-state index is 5.68. The van der Waals surface area contributed by atoms with E-state index in [9.17, 15) is 0 Å². The summed E-state index contributed by atoms with van der Waals surface area (Å²) in [6, 6.07) is 0.739. The molecule has 2 atom stereocenters. The number of nitrogens with two attached hydrogens (primary N) is 1. The SMILES string of the molecule is CC1CCC(N)[I-]N1. The van der Waals surface area contributed by atoms with E-state index in [1.165, 1.54) is 12.8 Å². The molecule has 8 heavy (non-hydrogen) atoms.